The summed E-state index contributed by atoms with van der Waals surface area (Å²) in [6.07, 6.45) is 3.24. The van der Waals surface area contributed by atoms with Crippen molar-refractivity contribution < 1.29 is 14.3 Å². The van der Waals surface area contributed by atoms with Gasteiger partial charge in [0.15, 0.2) is 11.5 Å². The Morgan fingerprint density at radius 1 is 0.967 bits per heavy atom. The first kappa shape index (κ1) is 21.0. The number of amides is 1. The number of anilines is 3. The van der Waals surface area contributed by atoms with Gasteiger partial charge in [-0.25, -0.2) is 0 Å². The van der Waals surface area contributed by atoms with Gasteiger partial charge in [-0.05, 0) is 61.9 Å². The molecule has 0 aromatic heterocycles. The molecule has 1 amide bonds. The normalized spacial score (nSPS) is 10.6. The molecule has 0 saturated heterocycles. The Bertz CT molecular complexity index is 1030. The van der Waals surface area contributed by atoms with Crippen LogP contribution in [0.3, 0.4) is 0 Å². The largest absolute Gasteiger partial charge is 0.493 e. The number of methoxy groups -OCH3 is 1. The number of hydrogen-bond donors (Lipinski definition) is 2. The van der Waals surface area contributed by atoms with Crippen LogP contribution < -0.4 is 20.1 Å². The van der Waals surface area contributed by atoms with Gasteiger partial charge < -0.3 is 20.1 Å². The summed E-state index contributed by atoms with van der Waals surface area (Å²) in [5.41, 5.74) is 4.52. The summed E-state index contributed by atoms with van der Waals surface area (Å²) >= 11 is 0. The highest BCUT2D eigenvalue weighted by molar-refractivity contribution is 6.04. The van der Waals surface area contributed by atoms with E-state index in [1.54, 1.807) is 13.2 Å². The number of carbonyl (C=O) groups excluding carboxylic acids is 1. The van der Waals surface area contributed by atoms with Crippen LogP contribution in [-0.2, 0) is 4.79 Å². The lowest BCUT2D eigenvalue weighted by molar-refractivity contribution is -0.111. The number of carbonyl (C=O) groups is 1. The van der Waals surface area contributed by atoms with Gasteiger partial charge in [0.2, 0.25) is 5.91 Å². The highest BCUT2D eigenvalue weighted by Crippen LogP contribution is 2.29. The minimum atomic E-state index is -0.221. The van der Waals surface area contributed by atoms with E-state index in [1.165, 1.54) is 11.6 Å². The predicted octanol–water partition coefficient (Wildman–Crippen LogP) is 5.80. The second-order valence-corrected chi connectivity index (χ2v) is 6.70. The van der Waals surface area contributed by atoms with Crippen molar-refractivity contribution in [2.24, 2.45) is 0 Å². The van der Waals surface area contributed by atoms with Crippen LogP contribution in [0.25, 0.3) is 6.08 Å². The summed E-state index contributed by atoms with van der Waals surface area (Å²) in [5.74, 6) is 1.09. The molecule has 0 unspecified atom stereocenters. The third-order valence-electron chi connectivity index (χ3n) is 4.43. The number of hydrogen-bond acceptors (Lipinski definition) is 4. The van der Waals surface area contributed by atoms with E-state index in [1.807, 2.05) is 80.6 Å². The molecule has 5 heteroatoms. The van der Waals surface area contributed by atoms with Gasteiger partial charge in [-0.2, -0.15) is 0 Å². The van der Waals surface area contributed by atoms with E-state index in [0.717, 1.165) is 16.9 Å². The Hall–Kier alpha value is -3.73. The standard InChI is InChI=1S/C25H26N2O3/c1-4-30-23-15-11-19(17-24(23)29-3)12-16-25(28)27-22-8-6-5-7-21(22)26-20-13-9-18(2)10-14-20/h5-17,26H,4H2,1-3H3,(H,27,28)/b16-12+. The second-order valence-electron chi connectivity index (χ2n) is 6.70. The van der Waals surface area contributed by atoms with Crippen LogP contribution in [0, 0.1) is 6.92 Å². The van der Waals surface area contributed by atoms with Crippen LogP contribution in [0.2, 0.25) is 0 Å². The predicted molar refractivity (Wildman–Crippen MR) is 123 cm³/mol. The molecule has 154 valence electrons. The third kappa shape index (κ3) is 5.64. The van der Waals surface area contributed by atoms with Crippen LogP contribution in [0.1, 0.15) is 18.1 Å². The van der Waals surface area contributed by atoms with E-state index in [2.05, 4.69) is 10.6 Å². The summed E-state index contributed by atoms with van der Waals surface area (Å²) in [4.78, 5) is 12.5. The van der Waals surface area contributed by atoms with Gasteiger partial charge in [0.25, 0.3) is 0 Å². The average Bonchev–Trinajstić information content (AvgIpc) is 2.76. The zero-order chi connectivity index (χ0) is 21.3. The first-order chi connectivity index (χ1) is 14.6. The molecule has 0 radical (unpaired) electrons. The van der Waals surface area contributed by atoms with Crippen molar-refractivity contribution in [3.63, 3.8) is 0 Å². The lowest BCUT2D eigenvalue weighted by Crippen LogP contribution is -2.09. The van der Waals surface area contributed by atoms with Crippen molar-refractivity contribution in [3.05, 3.63) is 83.9 Å². The van der Waals surface area contributed by atoms with E-state index >= 15 is 0 Å². The van der Waals surface area contributed by atoms with E-state index in [9.17, 15) is 4.79 Å². The minimum Gasteiger partial charge on any atom is -0.493 e. The monoisotopic (exact) mass is 402 g/mol. The van der Waals surface area contributed by atoms with E-state index < -0.39 is 0 Å². The van der Waals surface area contributed by atoms with Crippen LogP contribution in [0.15, 0.2) is 72.8 Å². The molecule has 3 rings (SSSR count). The van der Waals surface area contributed by atoms with Gasteiger partial charge in [-0.15, -0.1) is 0 Å². The van der Waals surface area contributed by atoms with Crippen molar-refractivity contribution in [3.8, 4) is 11.5 Å². The van der Waals surface area contributed by atoms with Crippen molar-refractivity contribution in [2.75, 3.05) is 24.4 Å². The maximum Gasteiger partial charge on any atom is 0.248 e. The van der Waals surface area contributed by atoms with Gasteiger partial charge in [-0.1, -0.05) is 35.9 Å². The van der Waals surface area contributed by atoms with Gasteiger partial charge in [0.05, 0.1) is 25.1 Å². The molecule has 0 heterocycles. The van der Waals surface area contributed by atoms with Crippen LogP contribution in [0.4, 0.5) is 17.1 Å². The lowest BCUT2D eigenvalue weighted by Gasteiger charge is -2.12. The molecule has 0 aliphatic rings. The Morgan fingerprint density at radius 2 is 1.70 bits per heavy atom. The SMILES string of the molecule is CCOc1ccc(/C=C/C(=O)Nc2ccccc2Nc2ccc(C)cc2)cc1OC. The molecule has 3 aromatic rings. The number of aryl methyl sites for hydroxylation is 1. The molecule has 2 N–H and O–H groups in total. The summed E-state index contributed by atoms with van der Waals surface area (Å²) in [5, 5.41) is 6.27. The number of benzene rings is 3. The van der Waals surface area contributed by atoms with Crippen LogP contribution in [-0.4, -0.2) is 19.6 Å². The first-order valence-corrected chi connectivity index (χ1v) is 9.81. The van der Waals surface area contributed by atoms with Crippen LogP contribution >= 0.6 is 0 Å². The minimum absolute atomic E-state index is 0.221. The molecule has 3 aromatic carbocycles. The smallest absolute Gasteiger partial charge is 0.248 e. The fraction of sp³-hybridized carbons (Fsp3) is 0.160. The zero-order valence-corrected chi connectivity index (χ0v) is 17.4. The lowest BCUT2D eigenvalue weighted by atomic mass is 10.2. The molecule has 5 nitrogen and oxygen atoms in total. The Labute approximate surface area is 177 Å². The molecule has 0 spiro atoms. The van der Waals surface area contributed by atoms with E-state index in [4.69, 9.17) is 9.47 Å². The highest BCUT2D eigenvalue weighted by Gasteiger charge is 2.06. The summed E-state index contributed by atoms with van der Waals surface area (Å²) < 4.78 is 10.9. The Balaban J connectivity index is 1.70. The quantitative estimate of drug-likeness (QED) is 0.468. The van der Waals surface area contributed by atoms with E-state index in [0.29, 0.717) is 23.8 Å². The highest BCUT2D eigenvalue weighted by atomic mass is 16.5. The average molecular weight is 402 g/mol. The fourth-order valence-electron chi connectivity index (χ4n) is 2.90. The molecule has 30 heavy (non-hydrogen) atoms. The van der Waals surface area contributed by atoms with Crippen molar-refractivity contribution in [1.29, 1.82) is 0 Å². The van der Waals surface area contributed by atoms with Gasteiger partial charge in [0, 0.05) is 11.8 Å². The molecule has 0 fully saturated rings. The topological polar surface area (TPSA) is 59.6 Å². The number of rotatable bonds is 8. The van der Waals surface area contributed by atoms with Crippen LogP contribution in [0.5, 0.6) is 11.5 Å². The van der Waals surface area contributed by atoms with Crippen molar-refractivity contribution in [1.82, 2.24) is 0 Å². The summed E-state index contributed by atoms with van der Waals surface area (Å²) in [6.45, 7) is 4.53. The molecule has 0 atom stereocenters. The third-order valence-corrected chi connectivity index (χ3v) is 4.43. The molecular weight excluding hydrogens is 376 g/mol. The Kier molecular flexibility index (Phi) is 7.11. The molecule has 0 aliphatic carbocycles. The first-order valence-electron chi connectivity index (χ1n) is 9.81. The number of nitrogens with one attached hydrogen (secondary N) is 2. The molecule has 0 bridgehead atoms. The summed E-state index contributed by atoms with van der Waals surface area (Å²) in [7, 11) is 1.59. The molecular formula is C25H26N2O3. The second kappa shape index (κ2) is 10.2. The number of ether oxygens (including phenoxy) is 2. The summed E-state index contributed by atoms with van der Waals surface area (Å²) in [6, 6.07) is 21.2. The van der Waals surface area contributed by atoms with Gasteiger partial charge in [-0.3, -0.25) is 4.79 Å². The molecule has 0 aliphatic heterocycles. The van der Waals surface area contributed by atoms with E-state index in [-0.39, 0.29) is 5.91 Å². The van der Waals surface area contributed by atoms with Gasteiger partial charge in [0.1, 0.15) is 0 Å². The van der Waals surface area contributed by atoms with Crippen molar-refractivity contribution in [2.45, 2.75) is 13.8 Å². The fourth-order valence-corrected chi connectivity index (χ4v) is 2.90. The maximum atomic E-state index is 12.5. The molecule has 0 saturated carbocycles. The Morgan fingerprint density at radius 3 is 2.40 bits per heavy atom. The number of para-hydroxylation sites is 2. The van der Waals surface area contributed by atoms with Gasteiger partial charge >= 0.3 is 0 Å². The van der Waals surface area contributed by atoms with Crippen molar-refractivity contribution >= 4 is 29.0 Å². The zero-order valence-electron chi connectivity index (χ0n) is 17.4. The maximum absolute atomic E-state index is 12.5.